The van der Waals surface area contributed by atoms with Crippen molar-refractivity contribution in [3.05, 3.63) is 35.1 Å². The molecular weight excluding hydrogens is 250 g/mol. The van der Waals surface area contributed by atoms with Crippen molar-refractivity contribution in [3.8, 4) is 0 Å². The normalized spacial score (nSPS) is 12.9. The first kappa shape index (κ1) is 14.6. The summed E-state index contributed by atoms with van der Waals surface area (Å²) >= 11 is 0. The van der Waals surface area contributed by atoms with Crippen LogP contribution in [0.15, 0.2) is 22.8 Å². The molecular formula is C17H23NO2. The highest BCUT2D eigenvalue weighted by atomic mass is 16.3. The number of benzene rings is 1. The van der Waals surface area contributed by atoms with Crippen molar-refractivity contribution in [2.45, 2.75) is 47.1 Å². The van der Waals surface area contributed by atoms with Crippen molar-refractivity contribution in [3.63, 3.8) is 0 Å². The van der Waals surface area contributed by atoms with Gasteiger partial charge in [0.25, 0.3) is 0 Å². The maximum Gasteiger partial charge on any atom is 0.224 e. The molecule has 1 atom stereocenters. The molecule has 1 N–H and O–H groups in total. The van der Waals surface area contributed by atoms with Crippen molar-refractivity contribution in [2.75, 3.05) is 0 Å². The van der Waals surface area contributed by atoms with E-state index in [0.717, 1.165) is 22.1 Å². The zero-order valence-electron chi connectivity index (χ0n) is 12.9. The highest BCUT2D eigenvalue weighted by molar-refractivity contribution is 5.89. The van der Waals surface area contributed by atoms with E-state index in [2.05, 4.69) is 32.2 Å². The Morgan fingerprint density at radius 1 is 1.25 bits per heavy atom. The van der Waals surface area contributed by atoms with E-state index < -0.39 is 0 Å². The third-order valence-corrected chi connectivity index (χ3v) is 4.08. The predicted octanol–water partition coefficient (Wildman–Crippen LogP) is 3.75. The molecule has 0 aliphatic rings. The number of hydrogen-bond acceptors (Lipinski definition) is 2. The zero-order valence-corrected chi connectivity index (χ0v) is 12.9. The van der Waals surface area contributed by atoms with Crippen molar-refractivity contribution in [2.24, 2.45) is 5.92 Å². The molecule has 108 valence electrons. The summed E-state index contributed by atoms with van der Waals surface area (Å²) in [6.07, 6.45) is 2.07. The van der Waals surface area contributed by atoms with Crippen LogP contribution in [-0.2, 0) is 11.2 Å². The van der Waals surface area contributed by atoms with Gasteiger partial charge in [-0.25, -0.2) is 0 Å². The average Bonchev–Trinajstić information content (AvgIpc) is 2.77. The van der Waals surface area contributed by atoms with Gasteiger partial charge in [-0.05, 0) is 37.8 Å². The molecule has 1 aromatic carbocycles. The van der Waals surface area contributed by atoms with Gasteiger partial charge in [0, 0.05) is 17.0 Å². The van der Waals surface area contributed by atoms with Gasteiger partial charge in [-0.15, -0.1) is 0 Å². The summed E-state index contributed by atoms with van der Waals surface area (Å²) in [5.41, 5.74) is 4.20. The summed E-state index contributed by atoms with van der Waals surface area (Å²) in [5.74, 6) is 0.483. The molecule has 2 aromatic rings. The molecule has 0 radical (unpaired) electrons. The van der Waals surface area contributed by atoms with Crippen LogP contribution in [0.5, 0.6) is 0 Å². The summed E-state index contributed by atoms with van der Waals surface area (Å²) in [5, 5.41) is 4.07. The van der Waals surface area contributed by atoms with Gasteiger partial charge < -0.3 is 9.73 Å². The minimum atomic E-state index is 0.0483. The Morgan fingerprint density at radius 3 is 2.60 bits per heavy atom. The standard InChI is InChI=1S/C17H23NO2/c1-10(2)13(5)18-16(19)8-14-9-20-17-12(4)11(3)6-7-15(14)17/h6-7,9-10,13H,8H2,1-5H3,(H,18,19)/t13-/m1/s1. The van der Waals surface area contributed by atoms with Crippen LogP contribution in [0.3, 0.4) is 0 Å². The Labute approximate surface area is 120 Å². The number of amides is 1. The Morgan fingerprint density at radius 2 is 1.95 bits per heavy atom. The maximum atomic E-state index is 12.1. The van der Waals surface area contributed by atoms with E-state index in [1.54, 1.807) is 6.26 Å². The second-order valence-corrected chi connectivity index (χ2v) is 5.92. The fraction of sp³-hybridized carbons (Fsp3) is 0.471. The molecule has 1 aromatic heterocycles. The van der Waals surface area contributed by atoms with Gasteiger partial charge in [0.15, 0.2) is 0 Å². The Bertz CT molecular complexity index is 625. The van der Waals surface area contributed by atoms with Crippen LogP contribution in [0.2, 0.25) is 0 Å². The Balaban J connectivity index is 2.19. The van der Waals surface area contributed by atoms with Gasteiger partial charge in [0.1, 0.15) is 5.58 Å². The van der Waals surface area contributed by atoms with Crippen molar-refractivity contribution >= 4 is 16.9 Å². The molecule has 0 saturated carbocycles. The van der Waals surface area contributed by atoms with E-state index in [4.69, 9.17) is 4.42 Å². The van der Waals surface area contributed by atoms with Gasteiger partial charge in [-0.2, -0.15) is 0 Å². The van der Waals surface area contributed by atoms with E-state index >= 15 is 0 Å². The molecule has 3 heteroatoms. The molecule has 2 rings (SSSR count). The summed E-state index contributed by atoms with van der Waals surface area (Å²) in [7, 11) is 0. The van der Waals surface area contributed by atoms with Gasteiger partial charge in [-0.1, -0.05) is 26.0 Å². The summed E-state index contributed by atoms with van der Waals surface area (Å²) in [6, 6.07) is 4.30. The van der Waals surface area contributed by atoms with E-state index in [1.807, 2.05) is 19.9 Å². The second kappa shape index (κ2) is 5.70. The molecule has 3 nitrogen and oxygen atoms in total. The fourth-order valence-corrected chi connectivity index (χ4v) is 2.17. The number of nitrogens with one attached hydrogen (secondary N) is 1. The molecule has 1 amide bonds. The van der Waals surface area contributed by atoms with Crippen LogP contribution >= 0.6 is 0 Å². The monoisotopic (exact) mass is 273 g/mol. The topological polar surface area (TPSA) is 42.2 Å². The van der Waals surface area contributed by atoms with Gasteiger partial charge >= 0.3 is 0 Å². The third kappa shape index (κ3) is 2.87. The van der Waals surface area contributed by atoms with E-state index in [1.165, 1.54) is 5.56 Å². The molecule has 0 unspecified atom stereocenters. The lowest BCUT2D eigenvalue weighted by Crippen LogP contribution is -2.36. The van der Waals surface area contributed by atoms with Crippen molar-refractivity contribution in [1.29, 1.82) is 0 Å². The summed E-state index contributed by atoms with van der Waals surface area (Å²) in [4.78, 5) is 12.1. The molecule has 0 saturated heterocycles. The first-order valence-corrected chi connectivity index (χ1v) is 7.15. The molecule has 0 fully saturated rings. The SMILES string of the molecule is Cc1ccc2c(CC(=O)N[C@H](C)C(C)C)coc2c1C. The van der Waals surface area contributed by atoms with Crippen LogP contribution in [0, 0.1) is 19.8 Å². The lowest BCUT2D eigenvalue weighted by atomic mass is 10.0. The van der Waals surface area contributed by atoms with Gasteiger partial charge in [0.05, 0.1) is 12.7 Å². The number of hydrogen-bond donors (Lipinski definition) is 1. The Hall–Kier alpha value is -1.77. The minimum Gasteiger partial charge on any atom is -0.464 e. The predicted molar refractivity (Wildman–Crippen MR) is 81.8 cm³/mol. The summed E-state index contributed by atoms with van der Waals surface area (Å²) in [6.45, 7) is 10.3. The summed E-state index contributed by atoms with van der Waals surface area (Å²) < 4.78 is 5.63. The van der Waals surface area contributed by atoms with E-state index in [0.29, 0.717) is 12.3 Å². The van der Waals surface area contributed by atoms with Crippen LogP contribution in [0.1, 0.15) is 37.5 Å². The largest absolute Gasteiger partial charge is 0.464 e. The van der Waals surface area contributed by atoms with Crippen LogP contribution < -0.4 is 5.32 Å². The fourth-order valence-electron chi connectivity index (χ4n) is 2.17. The average molecular weight is 273 g/mol. The van der Waals surface area contributed by atoms with Crippen LogP contribution in [-0.4, -0.2) is 11.9 Å². The first-order valence-electron chi connectivity index (χ1n) is 7.15. The molecule has 1 heterocycles. The molecule has 20 heavy (non-hydrogen) atoms. The van der Waals surface area contributed by atoms with Crippen molar-refractivity contribution in [1.82, 2.24) is 5.32 Å². The number of aryl methyl sites for hydroxylation is 2. The number of fused-ring (bicyclic) bond motifs is 1. The van der Waals surface area contributed by atoms with E-state index in [-0.39, 0.29) is 11.9 Å². The lowest BCUT2D eigenvalue weighted by molar-refractivity contribution is -0.121. The maximum absolute atomic E-state index is 12.1. The number of carbonyl (C=O) groups is 1. The van der Waals surface area contributed by atoms with Crippen LogP contribution in [0.4, 0.5) is 0 Å². The quantitative estimate of drug-likeness (QED) is 0.921. The van der Waals surface area contributed by atoms with Gasteiger partial charge in [0.2, 0.25) is 5.91 Å². The molecule has 0 aliphatic carbocycles. The smallest absolute Gasteiger partial charge is 0.224 e. The highest BCUT2D eigenvalue weighted by Crippen LogP contribution is 2.26. The van der Waals surface area contributed by atoms with Crippen LogP contribution in [0.25, 0.3) is 11.0 Å². The molecule has 0 spiro atoms. The Kier molecular flexibility index (Phi) is 4.17. The second-order valence-electron chi connectivity index (χ2n) is 5.92. The third-order valence-electron chi connectivity index (χ3n) is 4.08. The zero-order chi connectivity index (χ0) is 14.9. The molecule has 0 aliphatic heterocycles. The van der Waals surface area contributed by atoms with Gasteiger partial charge in [-0.3, -0.25) is 4.79 Å². The highest BCUT2D eigenvalue weighted by Gasteiger charge is 2.15. The van der Waals surface area contributed by atoms with E-state index in [9.17, 15) is 4.79 Å². The molecule has 0 bridgehead atoms. The number of carbonyl (C=O) groups excluding carboxylic acids is 1. The number of rotatable bonds is 4. The van der Waals surface area contributed by atoms with Crippen molar-refractivity contribution < 1.29 is 9.21 Å². The minimum absolute atomic E-state index is 0.0483. The first-order chi connectivity index (χ1) is 9.40. The lowest BCUT2D eigenvalue weighted by Gasteiger charge is -2.17. The number of furan rings is 1.